The number of thiocarbonyl (C=S) groups is 1. The van der Waals surface area contributed by atoms with Gasteiger partial charge in [0.25, 0.3) is 5.91 Å². The zero-order valence-corrected chi connectivity index (χ0v) is 19.1. The number of pyridine rings is 1. The predicted octanol–water partition coefficient (Wildman–Crippen LogP) is 4.54. The number of carbonyl (C=O) groups is 1. The highest BCUT2D eigenvalue weighted by Gasteiger charge is 2.30. The zero-order chi connectivity index (χ0) is 22.7. The molecule has 1 amide bonds. The summed E-state index contributed by atoms with van der Waals surface area (Å²) in [6, 6.07) is 15.5. The summed E-state index contributed by atoms with van der Waals surface area (Å²) >= 11 is 5.34. The van der Waals surface area contributed by atoms with Gasteiger partial charge in [0, 0.05) is 23.7 Å². The molecule has 0 bridgehead atoms. The number of carbonyl (C=O) groups excluding carboxylic acids is 1. The Hall–Kier alpha value is -3.45. The fraction of sp³-hybridized carbons (Fsp3) is 0.240. The highest BCUT2D eigenvalue weighted by atomic mass is 32.1. The molecule has 0 spiro atoms. The molecule has 1 aliphatic rings. The van der Waals surface area contributed by atoms with E-state index in [0.717, 1.165) is 22.0 Å². The smallest absolute Gasteiger partial charge is 0.276 e. The van der Waals surface area contributed by atoms with Crippen molar-refractivity contribution >= 4 is 40.2 Å². The van der Waals surface area contributed by atoms with E-state index in [0.29, 0.717) is 41.4 Å². The van der Waals surface area contributed by atoms with E-state index in [1.165, 1.54) is 0 Å². The third-order valence-corrected chi connectivity index (χ3v) is 5.43. The number of para-hydroxylation sites is 1. The van der Waals surface area contributed by atoms with Crippen LogP contribution in [0.3, 0.4) is 0 Å². The average molecular weight is 448 g/mol. The van der Waals surface area contributed by atoms with Crippen LogP contribution in [0.5, 0.6) is 11.5 Å². The van der Waals surface area contributed by atoms with Gasteiger partial charge in [-0.25, -0.2) is 0 Å². The van der Waals surface area contributed by atoms with Crippen LogP contribution in [0.2, 0.25) is 0 Å². The largest absolute Gasteiger partial charge is 0.496 e. The number of benzene rings is 2. The van der Waals surface area contributed by atoms with Gasteiger partial charge in [-0.15, -0.1) is 0 Å². The van der Waals surface area contributed by atoms with Crippen LogP contribution >= 0.6 is 12.2 Å². The Bertz CT molecular complexity index is 1200. The molecule has 1 N–H and O–H groups in total. The topological polar surface area (TPSA) is 63.7 Å². The molecule has 1 saturated heterocycles. The van der Waals surface area contributed by atoms with E-state index in [4.69, 9.17) is 21.7 Å². The Morgan fingerprint density at radius 2 is 1.97 bits per heavy atom. The van der Waals surface area contributed by atoms with Gasteiger partial charge < -0.3 is 14.8 Å². The molecule has 1 fully saturated rings. The first-order valence-corrected chi connectivity index (χ1v) is 10.8. The minimum atomic E-state index is -0.112. The molecule has 0 unspecified atom stereocenters. The summed E-state index contributed by atoms with van der Waals surface area (Å²) in [7, 11) is 1.63. The fourth-order valence-corrected chi connectivity index (χ4v) is 3.89. The van der Waals surface area contributed by atoms with E-state index < -0.39 is 0 Å². The van der Waals surface area contributed by atoms with Gasteiger partial charge in [0.2, 0.25) is 0 Å². The lowest BCUT2D eigenvalue weighted by Gasteiger charge is -2.16. The second kappa shape index (κ2) is 9.36. The number of amides is 1. The summed E-state index contributed by atoms with van der Waals surface area (Å²) in [6.07, 6.45) is 3.55. The van der Waals surface area contributed by atoms with Crippen LogP contribution in [0.1, 0.15) is 25.0 Å². The van der Waals surface area contributed by atoms with Crippen LogP contribution in [-0.4, -0.2) is 34.6 Å². The summed E-state index contributed by atoms with van der Waals surface area (Å²) in [6.45, 7) is 5.00. The van der Waals surface area contributed by atoms with Crippen molar-refractivity contribution in [3.8, 4) is 11.5 Å². The minimum Gasteiger partial charge on any atom is -0.496 e. The number of aromatic nitrogens is 1. The second-order valence-electron chi connectivity index (χ2n) is 7.99. The Morgan fingerprint density at radius 3 is 2.75 bits per heavy atom. The standard InChI is InChI=1S/C25H25N3O3S/c1-16(2)14-28-24(29)20(27-25(28)32)13-17-9-10-21(30-3)19(12-17)15-31-22-8-4-6-18-7-5-11-26-23(18)22/h4-13,16H,14-15H2,1-3H3,(H,27,32). The number of hydrogen-bond donors (Lipinski definition) is 1. The Balaban J connectivity index is 1.57. The first kappa shape index (κ1) is 21.8. The normalized spacial score (nSPS) is 15.0. The first-order valence-electron chi connectivity index (χ1n) is 10.4. The summed E-state index contributed by atoms with van der Waals surface area (Å²) in [5, 5.41) is 4.49. The molecule has 4 rings (SSSR count). The predicted molar refractivity (Wildman–Crippen MR) is 129 cm³/mol. The van der Waals surface area contributed by atoms with E-state index in [-0.39, 0.29) is 5.91 Å². The number of nitrogens with one attached hydrogen (secondary N) is 1. The van der Waals surface area contributed by atoms with Crippen LogP contribution in [-0.2, 0) is 11.4 Å². The lowest BCUT2D eigenvalue weighted by atomic mass is 10.1. The lowest BCUT2D eigenvalue weighted by molar-refractivity contribution is -0.122. The van der Waals surface area contributed by atoms with Gasteiger partial charge in [0.05, 0.1) is 7.11 Å². The highest BCUT2D eigenvalue weighted by Crippen LogP contribution is 2.27. The number of fused-ring (bicyclic) bond motifs is 1. The molecular weight excluding hydrogens is 422 g/mol. The summed E-state index contributed by atoms with van der Waals surface area (Å²) in [5.41, 5.74) is 2.99. The van der Waals surface area contributed by atoms with Crippen LogP contribution in [0.4, 0.5) is 0 Å². The first-order chi connectivity index (χ1) is 15.5. The van der Waals surface area contributed by atoms with Gasteiger partial charge in [0.1, 0.15) is 29.3 Å². The van der Waals surface area contributed by atoms with Gasteiger partial charge in [-0.1, -0.05) is 38.1 Å². The van der Waals surface area contributed by atoms with Crippen molar-refractivity contribution in [3.05, 3.63) is 71.6 Å². The molecule has 6 nitrogen and oxygen atoms in total. The Kier molecular flexibility index (Phi) is 6.37. The molecule has 0 atom stereocenters. The van der Waals surface area contributed by atoms with Crippen molar-refractivity contribution < 1.29 is 14.3 Å². The molecule has 0 saturated carbocycles. The molecule has 32 heavy (non-hydrogen) atoms. The van der Waals surface area contributed by atoms with Gasteiger partial charge >= 0.3 is 0 Å². The van der Waals surface area contributed by atoms with Crippen molar-refractivity contribution in [1.29, 1.82) is 0 Å². The quantitative estimate of drug-likeness (QED) is 0.424. The molecule has 0 aliphatic carbocycles. The summed E-state index contributed by atoms with van der Waals surface area (Å²) in [5.74, 6) is 1.63. The average Bonchev–Trinajstić information content (AvgIpc) is 3.04. The molecule has 3 aromatic rings. The van der Waals surface area contributed by atoms with Crippen LogP contribution in [0.15, 0.2) is 60.4 Å². The maximum absolute atomic E-state index is 12.8. The number of rotatable bonds is 7. The van der Waals surface area contributed by atoms with Crippen LogP contribution in [0.25, 0.3) is 17.0 Å². The van der Waals surface area contributed by atoms with Crippen molar-refractivity contribution in [3.63, 3.8) is 0 Å². The van der Waals surface area contributed by atoms with Crippen molar-refractivity contribution in [2.24, 2.45) is 5.92 Å². The van der Waals surface area contributed by atoms with Crippen molar-refractivity contribution in [2.45, 2.75) is 20.5 Å². The fourth-order valence-electron chi connectivity index (χ4n) is 3.62. The molecule has 0 radical (unpaired) electrons. The summed E-state index contributed by atoms with van der Waals surface area (Å²) < 4.78 is 11.6. The molecule has 1 aliphatic heterocycles. The van der Waals surface area contributed by atoms with Crippen LogP contribution < -0.4 is 14.8 Å². The highest BCUT2D eigenvalue weighted by molar-refractivity contribution is 7.80. The van der Waals surface area contributed by atoms with Gasteiger partial charge in [-0.05, 0) is 54.0 Å². The van der Waals surface area contributed by atoms with E-state index >= 15 is 0 Å². The Morgan fingerprint density at radius 1 is 1.16 bits per heavy atom. The third-order valence-electron chi connectivity index (χ3n) is 5.10. The SMILES string of the molecule is COc1ccc(C=C2NC(=S)N(CC(C)C)C2=O)cc1COc1cccc2cccnc12. The maximum atomic E-state index is 12.8. The molecule has 2 heterocycles. The molecular formula is C25H25N3O3S. The second-order valence-corrected chi connectivity index (χ2v) is 8.38. The minimum absolute atomic E-state index is 0.112. The van der Waals surface area contributed by atoms with Gasteiger partial charge in [-0.2, -0.15) is 0 Å². The van der Waals surface area contributed by atoms with Gasteiger partial charge in [-0.3, -0.25) is 14.7 Å². The van der Waals surface area contributed by atoms with E-state index in [1.54, 1.807) is 24.3 Å². The molecule has 7 heteroatoms. The van der Waals surface area contributed by atoms with E-state index in [2.05, 4.69) is 24.1 Å². The third kappa shape index (κ3) is 4.57. The molecule has 2 aromatic carbocycles. The van der Waals surface area contributed by atoms with E-state index in [1.807, 2.05) is 48.5 Å². The number of nitrogens with zero attached hydrogens (tertiary/aromatic N) is 2. The van der Waals surface area contributed by atoms with Crippen LogP contribution in [0, 0.1) is 5.92 Å². The van der Waals surface area contributed by atoms with Crippen molar-refractivity contribution in [2.75, 3.05) is 13.7 Å². The van der Waals surface area contributed by atoms with E-state index in [9.17, 15) is 4.79 Å². The number of hydrogen-bond acceptors (Lipinski definition) is 5. The summed E-state index contributed by atoms with van der Waals surface area (Å²) in [4.78, 5) is 18.8. The Labute approximate surface area is 192 Å². The van der Waals surface area contributed by atoms with Gasteiger partial charge in [0.15, 0.2) is 5.11 Å². The molecule has 1 aromatic heterocycles. The number of methoxy groups -OCH3 is 1. The number of ether oxygens (including phenoxy) is 2. The van der Waals surface area contributed by atoms with Crippen molar-refractivity contribution in [1.82, 2.24) is 15.2 Å². The molecule has 164 valence electrons. The lowest BCUT2D eigenvalue weighted by Crippen LogP contribution is -2.33. The monoisotopic (exact) mass is 447 g/mol. The zero-order valence-electron chi connectivity index (χ0n) is 18.3. The maximum Gasteiger partial charge on any atom is 0.276 e.